The Morgan fingerprint density at radius 1 is 1.20 bits per heavy atom. The number of nitro groups is 1. The van der Waals surface area contributed by atoms with E-state index in [1.54, 1.807) is 0 Å². The molecule has 20 heavy (non-hydrogen) atoms. The lowest BCUT2D eigenvalue weighted by Crippen LogP contribution is -2.12. The second-order valence-corrected chi connectivity index (χ2v) is 4.24. The fourth-order valence-electron chi connectivity index (χ4n) is 1.70. The Kier molecular flexibility index (Phi) is 3.76. The molecule has 0 aliphatic heterocycles. The zero-order valence-electron chi connectivity index (χ0n) is 11.0. The number of benzene rings is 1. The third kappa shape index (κ3) is 2.64. The molecule has 0 unspecified atom stereocenters. The molecule has 2 aromatic rings. The van der Waals surface area contributed by atoms with Gasteiger partial charge >= 0.3 is 5.69 Å². The lowest BCUT2D eigenvalue weighted by molar-refractivity contribution is -0.383. The Labute approximate surface area is 115 Å². The molecule has 0 saturated heterocycles. The molecule has 0 bridgehead atoms. The quantitative estimate of drug-likeness (QED) is 0.443. The first kappa shape index (κ1) is 13.7. The van der Waals surface area contributed by atoms with Crippen LogP contribution in [0.1, 0.15) is 11.1 Å². The van der Waals surface area contributed by atoms with Gasteiger partial charge in [-0.3, -0.25) is 10.1 Å². The summed E-state index contributed by atoms with van der Waals surface area (Å²) in [5, 5.41) is 14.0. The van der Waals surface area contributed by atoms with Gasteiger partial charge in [0.25, 0.3) is 0 Å². The molecule has 4 N–H and O–H groups in total. The van der Waals surface area contributed by atoms with Gasteiger partial charge in [0.05, 0.1) is 4.92 Å². The Balaban J connectivity index is 2.42. The van der Waals surface area contributed by atoms with Crippen LogP contribution >= 0.6 is 0 Å². The van der Waals surface area contributed by atoms with Gasteiger partial charge in [-0.05, 0) is 37.1 Å². The number of nitrogens with zero attached hydrogens (tertiary/aromatic N) is 3. The molecule has 8 heteroatoms. The van der Waals surface area contributed by atoms with Gasteiger partial charge < -0.3 is 10.7 Å². The molecule has 0 amide bonds. The minimum Gasteiger partial charge on any atom is -0.334 e. The number of nitrogen functional groups attached to an aromatic ring is 1. The topological polar surface area (TPSA) is 119 Å². The minimum absolute atomic E-state index is 0.0451. The maximum atomic E-state index is 11.1. The monoisotopic (exact) mass is 274 g/mol. The highest BCUT2D eigenvalue weighted by Crippen LogP contribution is 2.30. The molecular weight excluding hydrogens is 260 g/mol. The summed E-state index contributed by atoms with van der Waals surface area (Å²) in [5.74, 6) is 5.26. The molecule has 1 heterocycles. The molecule has 0 saturated carbocycles. The lowest BCUT2D eigenvalue weighted by Gasteiger charge is -2.09. The molecule has 104 valence electrons. The normalized spacial score (nSPS) is 10.2. The van der Waals surface area contributed by atoms with Crippen molar-refractivity contribution in [1.82, 2.24) is 9.97 Å². The molecule has 0 aliphatic rings. The van der Waals surface area contributed by atoms with Crippen molar-refractivity contribution in [2.45, 2.75) is 13.8 Å². The number of rotatable bonds is 4. The van der Waals surface area contributed by atoms with Crippen LogP contribution < -0.4 is 16.6 Å². The second-order valence-electron chi connectivity index (χ2n) is 4.24. The Morgan fingerprint density at radius 3 is 2.50 bits per heavy atom. The summed E-state index contributed by atoms with van der Waals surface area (Å²) >= 11 is 0. The standard InChI is InChI=1S/C12H14N6O2/c1-7-3-4-9(5-8(7)2)16-11-10(18(19)20)12(17-13)15-6-14-11/h3-6H,13H2,1-2H3,(H2,14,15,16,17). The minimum atomic E-state index is -0.585. The van der Waals surface area contributed by atoms with Crippen molar-refractivity contribution in [3.8, 4) is 0 Å². The van der Waals surface area contributed by atoms with Crippen LogP contribution in [0.4, 0.5) is 23.0 Å². The van der Waals surface area contributed by atoms with Crippen molar-refractivity contribution in [2.24, 2.45) is 5.84 Å². The molecule has 0 aliphatic carbocycles. The first-order valence-corrected chi connectivity index (χ1v) is 5.83. The van der Waals surface area contributed by atoms with E-state index < -0.39 is 4.92 Å². The average Bonchev–Trinajstić information content (AvgIpc) is 2.42. The van der Waals surface area contributed by atoms with E-state index in [4.69, 9.17) is 5.84 Å². The SMILES string of the molecule is Cc1ccc(Nc2ncnc(NN)c2[N+](=O)[O-])cc1C. The molecule has 2 rings (SSSR count). The second kappa shape index (κ2) is 5.49. The highest BCUT2D eigenvalue weighted by Gasteiger charge is 2.22. The van der Waals surface area contributed by atoms with Crippen LogP contribution in [0, 0.1) is 24.0 Å². The van der Waals surface area contributed by atoms with E-state index in [2.05, 4.69) is 20.7 Å². The fraction of sp³-hybridized carbons (Fsp3) is 0.167. The van der Waals surface area contributed by atoms with E-state index >= 15 is 0 Å². The summed E-state index contributed by atoms with van der Waals surface area (Å²) in [5.41, 5.74) is 4.81. The van der Waals surface area contributed by atoms with E-state index in [0.29, 0.717) is 5.69 Å². The van der Waals surface area contributed by atoms with E-state index in [0.717, 1.165) is 11.1 Å². The number of aromatic nitrogens is 2. The maximum absolute atomic E-state index is 11.1. The third-order valence-electron chi connectivity index (χ3n) is 2.91. The molecule has 0 spiro atoms. The Morgan fingerprint density at radius 2 is 1.90 bits per heavy atom. The van der Waals surface area contributed by atoms with Crippen molar-refractivity contribution < 1.29 is 4.92 Å². The lowest BCUT2D eigenvalue weighted by atomic mass is 10.1. The van der Waals surface area contributed by atoms with Gasteiger partial charge in [-0.15, -0.1) is 0 Å². The Hall–Kier alpha value is -2.74. The van der Waals surface area contributed by atoms with Gasteiger partial charge in [0, 0.05) is 5.69 Å². The number of nitrogens with one attached hydrogen (secondary N) is 2. The van der Waals surface area contributed by atoms with Crippen LogP contribution in [-0.2, 0) is 0 Å². The predicted octanol–water partition coefficient (Wildman–Crippen LogP) is 2.03. The van der Waals surface area contributed by atoms with Crippen LogP contribution in [0.5, 0.6) is 0 Å². The van der Waals surface area contributed by atoms with Gasteiger partial charge in [-0.2, -0.15) is 0 Å². The zero-order valence-corrected chi connectivity index (χ0v) is 11.0. The van der Waals surface area contributed by atoms with Crippen molar-refractivity contribution >= 4 is 23.0 Å². The summed E-state index contributed by atoms with van der Waals surface area (Å²) in [6.07, 6.45) is 1.20. The van der Waals surface area contributed by atoms with Crippen LogP contribution in [0.25, 0.3) is 0 Å². The number of aryl methyl sites for hydroxylation is 2. The molecule has 0 fully saturated rings. The summed E-state index contributed by atoms with van der Waals surface area (Å²) in [6.45, 7) is 3.95. The summed E-state index contributed by atoms with van der Waals surface area (Å²) < 4.78 is 0. The number of hydrogen-bond acceptors (Lipinski definition) is 7. The average molecular weight is 274 g/mol. The Bertz CT molecular complexity index is 658. The van der Waals surface area contributed by atoms with E-state index in [9.17, 15) is 10.1 Å². The van der Waals surface area contributed by atoms with Crippen molar-refractivity contribution in [3.63, 3.8) is 0 Å². The summed E-state index contributed by atoms with van der Waals surface area (Å²) in [6, 6.07) is 5.63. The number of hydrogen-bond donors (Lipinski definition) is 3. The third-order valence-corrected chi connectivity index (χ3v) is 2.91. The first-order chi connectivity index (χ1) is 9.52. The largest absolute Gasteiger partial charge is 0.354 e. The summed E-state index contributed by atoms with van der Waals surface area (Å²) in [4.78, 5) is 18.1. The smallest absolute Gasteiger partial charge is 0.334 e. The zero-order chi connectivity index (χ0) is 14.7. The molecule has 1 aromatic carbocycles. The molecule has 0 atom stereocenters. The van der Waals surface area contributed by atoms with E-state index in [1.807, 2.05) is 32.0 Å². The first-order valence-electron chi connectivity index (χ1n) is 5.83. The van der Waals surface area contributed by atoms with Gasteiger partial charge in [0.15, 0.2) is 0 Å². The van der Waals surface area contributed by atoms with Crippen LogP contribution in [0.3, 0.4) is 0 Å². The van der Waals surface area contributed by atoms with E-state index in [-0.39, 0.29) is 17.3 Å². The number of hydrazine groups is 1. The van der Waals surface area contributed by atoms with Crippen molar-refractivity contribution in [3.05, 3.63) is 45.8 Å². The van der Waals surface area contributed by atoms with E-state index in [1.165, 1.54) is 6.33 Å². The highest BCUT2D eigenvalue weighted by atomic mass is 16.6. The molecular formula is C12H14N6O2. The fourth-order valence-corrected chi connectivity index (χ4v) is 1.70. The predicted molar refractivity (Wildman–Crippen MR) is 75.7 cm³/mol. The van der Waals surface area contributed by atoms with Crippen molar-refractivity contribution in [2.75, 3.05) is 10.7 Å². The molecule has 8 nitrogen and oxygen atoms in total. The van der Waals surface area contributed by atoms with Gasteiger partial charge in [0.2, 0.25) is 11.6 Å². The van der Waals surface area contributed by atoms with Crippen LogP contribution in [0.2, 0.25) is 0 Å². The number of anilines is 3. The van der Waals surface area contributed by atoms with Crippen LogP contribution in [-0.4, -0.2) is 14.9 Å². The van der Waals surface area contributed by atoms with Gasteiger partial charge in [0.1, 0.15) is 6.33 Å². The van der Waals surface area contributed by atoms with Crippen LogP contribution in [0.15, 0.2) is 24.5 Å². The molecule has 0 radical (unpaired) electrons. The number of nitrogens with two attached hydrogens (primary N) is 1. The summed E-state index contributed by atoms with van der Waals surface area (Å²) in [7, 11) is 0. The highest BCUT2D eigenvalue weighted by molar-refractivity contribution is 5.73. The maximum Gasteiger partial charge on any atom is 0.354 e. The molecule has 1 aromatic heterocycles. The van der Waals surface area contributed by atoms with Crippen molar-refractivity contribution in [1.29, 1.82) is 0 Å². The van der Waals surface area contributed by atoms with Gasteiger partial charge in [-0.1, -0.05) is 6.07 Å². The van der Waals surface area contributed by atoms with Gasteiger partial charge in [-0.25, -0.2) is 15.8 Å².